The smallest absolute Gasteiger partial charge is 0.219 e. The Morgan fingerprint density at radius 1 is 1.11 bits per heavy atom. The van der Waals surface area contributed by atoms with Crippen LogP contribution in [0.3, 0.4) is 0 Å². The van der Waals surface area contributed by atoms with Crippen LogP contribution in [0.25, 0.3) is 0 Å². The second kappa shape index (κ2) is 12.2. The quantitative estimate of drug-likeness (QED) is 0.437. The largest absolute Gasteiger partial charge is 0.495 e. The molecule has 1 amide bonds. The summed E-state index contributed by atoms with van der Waals surface area (Å²) in [5.41, 5.74) is 5.17. The van der Waals surface area contributed by atoms with Crippen molar-refractivity contribution in [2.75, 3.05) is 44.8 Å². The second-order valence-corrected chi connectivity index (χ2v) is 10.3. The van der Waals surface area contributed by atoms with Crippen LogP contribution in [0.4, 0.5) is 5.69 Å². The fourth-order valence-electron chi connectivity index (χ4n) is 5.60. The molecule has 6 nitrogen and oxygen atoms in total. The zero-order valence-corrected chi connectivity index (χ0v) is 22.9. The van der Waals surface area contributed by atoms with Crippen molar-refractivity contribution in [3.63, 3.8) is 0 Å². The molecule has 0 radical (unpaired) electrons. The highest BCUT2D eigenvalue weighted by atomic mass is 35.5. The van der Waals surface area contributed by atoms with Crippen molar-refractivity contribution in [1.29, 1.82) is 0 Å². The number of fused-ring (bicyclic) bond motifs is 1. The third-order valence-electron chi connectivity index (χ3n) is 7.80. The van der Waals surface area contributed by atoms with Gasteiger partial charge in [-0.25, -0.2) is 0 Å². The van der Waals surface area contributed by atoms with Gasteiger partial charge in [0.2, 0.25) is 5.91 Å². The Morgan fingerprint density at radius 3 is 2.72 bits per heavy atom. The van der Waals surface area contributed by atoms with Gasteiger partial charge in [0, 0.05) is 56.4 Å². The number of amides is 1. The van der Waals surface area contributed by atoms with Crippen LogP contribution >= 0.6 is 11.6 Å². The number of piperazine rings is 1. The van der Waals surface area contributed by atoms with Crippen LogP contribution in [0, 0.1) is 13.8 Å². The van der Waals surface area contributed by atoms with Gasteiger partial charge in [0.1, 0.15) is 11.5 Å². The number of piperidine rings is 1. The highest BCUT2D eigenvalue weighted by Gasteiger charge is 2.36. The van der Waals surface area contributed by atoms with E-state index in [9.17, 15) is 4.79 Å². The van der Waals surface area contributed by atoms with Gasteiger partial charge in [0.15, 0.2) is 0 Å². The molecule has 2 atom stereocenters. The third-order valence-corrected chi connectivity index (χ3v) is 8.12. The molecule has 4 rings (SSSR count). The van der Waals surface area contributed by atoms with Crippen molar-refractivity contribution in [3.05, 3.63) is 52.0 Å². The minimum atomic E-state index is 0.0888. The number of hydrogen-bond donors (Lipinski definition) is 1. The maximum absolute atomic E-state index is 11.4. The number of carbonyl (C=O) groups excluding carboxylic acids is 1. The maximum Gasteiger partial charge on any atom is 0.219 e. The number of methoxy groups -OCH3 is 1. The molecule has 7 heteroatoms. The van der Waals surface area contributed by atoms with Gasteiger partial charge in [-0.2, -0.15) is 0 Å². The first-order valence-electron chi connectivity index (χ1n) is 13.3. The predicted octanol–water partition coefficient (Wildman–Crippen LogP) is 5.68. The Kier molecular flexibility index (Phi) is 9.02. The molecule has 0 bridgehead atoms. The maximum atomic E-state index is 11.4. The van der Waals surface area contributed by atoms with Gasteiger partial charge < -0.3 is 19.7 Å². The Bertz CT molecular complexity index is 1060. The molecule has 0 aromatic heterocycles. The average Bonchev–Trinajstić information content (AvgIpc) is 2.90. The molecule has 36 heavy (non-hydrogen) atoms. The van der Waals surface area contributed by atoms with E-state index < -0.39 is 0 Å². The molecular formula is C29H40ClN3O3. The summed E-state index contributed by atoms with van der Waals surface area (Å²) < 4.78 is 11.5. The van der Waals surface area contributed by atoms with Gasteiger partial charge in [-0.1, -0.05) is 24.6 Å². The molecule has 196 valence electrons. The Labute approximate surface area is 220 Å². The number of halogens is 1. The number of nitrogens with zero attached hydrogens (tertiary/aromatic N) is 2. The molecule has 2 aromatic rings. The predicted molar refractivity (Wildman–Crippen MR) is 147 cm³/mol. The summed E-state index contributed by atoms with van der Waals surface area (Å²) in [6.45, 7) is 10.6. The van der Waals surface area contributed by atoms with Crippen molar-refractivity contribution < 1.29 is 14.3 Å². The van der Waals surface area contributed by atoms with Crippen molar-refractivity contribution >= 4 is 23.2 Å². The molecule has 0 unspecified atom stereocenters. The lowest BCUT2D eigenvalue weighted by molar-refractivity contribution is -0.120. The SMILES string of the molecule is CCC(=O)NCCCOc1ccc([C@H]2CCC[C@H]3CN(c4ccc(Cl)c(OC)c4)CCN32)c(C)c1C. The molecule has 2 heterocycles. The van der Waals surface area contributed by atoms with Crippen LogP contribution in [0.15, 0.2) is 30.3 Å². The van der Waals surface area contributed by atoms with Gasteiger partial charge in [-0.15, -0.1) is 0 Å². The molecule has 2 aromatic carbocycles. The molecule has 0 aliphatic carbocycles. The molecule has 1 N–H and O–H groups in total. The van der Waals surface area contributed by atoms with Gasteiger partial charge >= 0.3 is 0 Å². The lowest BCUT2D eigenvalue weighted by Gasteiger charge is -2.49. The molecule has 2 aliphatic rings. The zero-order chi connectivity index (χ0) is 25.7. The van der Waals surface area contributed by atoms with E-state index in [0.29, 0.717) is 36.7 Å². The molecule has 2 fully saturated rings. The van der Waals surface area contributed by atoms with E-state index in [4.69, 9.17) is 21.1 Å². The summed E-state index contributed by atoms with van der Waals surface area (Å²) >= 11 is 6.25. The summed E-state index contributed by atoms with van der Waals surface area (Å²) in [4.78, 5) is 16.6. The monoisotopic (exact) mass is 513 g/mol. The standard InChI is InChI=1S/C29H40ClN3O3/c1-5-29(34)31-14-7-17-36-27-13-11-24(20(2)21(27)3)26-9-6-8-23-19-32(15-16-33(23)26)22-10-12-25(30)28(18-22)35-4/h10-13,18,23,26H,5-9,14-17,19H2,1-4H3,(H,31,34)/t23-,26+/m0/s1. The van der Waals surface area contributed by atoms with Crippen LogP contribution < -0.4 is 19.7 Å². The van der Waals surface area contributed by atoms with Gasteiger partial charge in [0.05, 0.1) is 18.7 Å². The van der Waals surface area contributed by atoms with E-state index in [0.717, 1.165) is 37.6 Å². The highest BCUT2D eigenvalue weighted by Crippen LogP contribution is 2.40. The van der Waals surface area contributed by atoms with Crippen LogP contribution in [0.1, 0.15) is 61.8 Å². The molecular weight excluding hydrogens is 474 g/mol. The van der Waals surface area contributed by atoms with E-state index >= 15 is 0 Å². The van der Waals surface area contributed by atoms with E-state index in [1.54, 1.807) is 7.11 Å². The summed E-state index contributed by atoms with van der Waals surface area (Å²) in [5, 5.41) is 3.56. The zero-order valence-electron chi connectivity index (χ0n) is 22.1. The number of rotatable bonds is 9. The number of hydrogen-bond acceptors (Lipinski definition) is 5. The van der Waals surface area contributed by atoms with Crippen LogP contribution in [0.5, 0.6) is 11.5 Å². The topological polar surface area (TPSA) is 54.0 Å². The van der Waals surface area contributed by atoms with Gasteiger partial charge in [0.25, 0.3) is 0 Å². The molecule has 2 saturated heterocycles. The number of nitrogens with one attached hydrogen (secondary N) is 1. The number of benzene rings is 2. The van der Waals surface area contributed by atoms with Crippen LogP contribution in [0.2, 0.25) is 5.02 Å². The first-order chi connectivity index (χ1) is 17.4. The van der Waals surface area contributed by atoms with E-state index in [1.165, 1.54) is 41.6 Å². The fourth-order valence-corrected chi connectivity index (χ4v) is 5.80. The Hall–Kier alpha value is -2.44. The third kappa shape index (κ3) is 5.92. The highest BCUT2D eigenvalue weighted by molar-refractivity contribution is 6.32. The van der Waals surface area contributed by atoms with E-state index in [2.05, 4.69) is 53.2 Å². The number of carbonyl (C=O) groups is 1. The molecule has 0 saturated carbocycles. The van der Waals surface area contributed by atoms with E-state index in [1.807, 2.05) is 13.0 Å². The second-order valence-electron chi connectivity index (χ2n) is 9.91. The summed E-state index contributed by atoms with van der Waals surface area (Å²) in [7, 11) is 1.67. The average molecular weight is 514 g/mol. The first kappa shape index (κ1) is 26.6. The summed E-state index contributed by atoms with van der Waals surface area (Å²) in [6, 6.07) is 11.5. The van der Waals surface area contributed by atoms with E-state index in [-0.39, 0.29) is 5.91 Å². The number of ether oxygens (including phenoxy) is 2. The Morgan fingerprint density at radius 2 is 1.94 bits per heavy atom. The van der Waals surface area contributed by atoms with Crippen LogP contribution in [-0.4, -0.2) is 56.7 Å². The Balaban J connectivity index is 1.40. The summed E-state index contributed by atoms with van der Waals surface area (Å²) in [6.07, 6.45) is 4.99. The fraction of sp³-hybridized carbons (Fsp3) is 0.552. The van der Waals surface area contributed by atoms with Crippen molar-refractivity contribution in [1.82, 2.24) is 10.2 Å². The normalized spacial score (nSPS) is 20.1. The number of anilines is 1. The lowest BCUT2D eigenvalue weighted by atomic mass is 9.86. The van der Waals surface area contributed by atoms with Gasteiger partial charge in [-0.05, 0) is 74.4 Å². The van der Waals surface area contributed by atoms with Crippen LogP contribution in [-0.2, 0) is 4.79 Å². The van der Waals surface area contributed by atoms with Gasteiger partial charge in [-0.3, -0.25) is 9.69 Å². The lowest BCUT2D eigenvalue weighted by Crippen LogP contribution is -2.56. The minimum Gasteiger partial charge on any atom is -0.495 e. The molecule has 0 spiro atoms. The molecule has 2 aliphatic heterocycles. The minimum absolute atomic E-state index is 0.0888. The van der Waals surface area contributed by atoms with Crippen molar-refractivity contribution in [2.45, 2.75) is 65.0 Å². The summed E-state index contributed by atoms with van der Waals surface area (Å²) in [5.74, 6) is 1.77. The van der Waals surface area contributed by atoms with Crippen molar-refractivity contribution in [3.8, 4) is 11.5 Å². The van der Waals surface area contributed by atoms with Crippen molar-refractivity contribution in [2.24, 2.45) is 0 Å². The first-order valence-corrected chi connectivity index (χ1v) is 13.6.